The summed E-state index contributed by atoms with van der Waals surface area (Å²) in [5, 5.41) is 3.31. The minimum atomic E-state index is -1.10. The molecule has 1 aromatic rings. The van der Waals surface area contributed by atoms with E-state index in [0.29, 0.717) is 11.5 Å². The van der Waals surface area contributed by atoms with E-state index in [-0.39, 0.29) is 0 Å². The minimum Gasteiger partial charge on any atom is -0.366 e. The molecule has 0 aromatic heterocycles. The van der Waals surface area contributed by atoms with Crippen LogP contribution in [0.15, 0.2) is 23.1 Å². The molecule has 0 radical (unpaired) electrons. The molecule has 0 bridgehead atoms. The molecule has 18 heavy (non-hydrogen) atoms. The first-order valence-corrected chi connectivity index (χ1v) is 7.63. The van der Waals surface area contributed by atoms with E-state index in [4.69, 9.17) is 5.73 Å². The fourth-order valence-corrected chi connectivity index (χ4v) is 3.27. The van der Waals surface area contributed by atoms with E-state index in [1.165, 1.54) is 0 Å². The van der Waals surface area contributed by atoms with Gasteiger partial charge < -0.3 is 11.1 Å². The number of hydrogen-bond donors (Lipinski definition) is 2. The van der Waals surface area contributed by atoms with Crippen molar-refractivity contribution in [3.63, 3.8) is 0 Å². The molecule has 1 aliphatic heterocycles. The van der Waals surface area contributed by atoms with Gasteiger partial charge in [0.05, 0.1) is 10.8 Å². The van der Waals surface area contributed by atoms with Gasteiger partial charge in [-0.25, -0.2) is 0 Å². The van der Waals surface area contributed by atoms with Gasteiger partial charge in [0.2, 0.25) is 5.91 Å². The summed E-state index contributed by atoms with van der Waals surface area (Å²) in [6.07, 6.45) is 3.73. The van der Waals surface area contributed by atoms with Gasteiger partial charge in [-0.1, -0.05) is 6.07 Å². The number of hydrogen-bond acceptors (Lipinski definition) is 3. The lowest BCUT2D eigenvalue weighted by atomic mass is 9.89. The highest BCUT2D eigenvalue weighted by atomic mass is 32.2. The summed E-state index contributed by atoms with van der Waals surface area (Å²) in [6, 6.07) is 5.32. The van der Waals surface area contributed by atoms with Gasteiger partial charge in [0.15, 0.2) is 0 Å². The van der Waals surface area contributed by atoms with Crippen molar-refractivity contribution in [2.24, 2.45) is 5.73 Å². The number of carbonyl (C=O) groups excluding carboxylic acids is 1. The quantitative estimate of drug-likeness (QED) is 0.857. The Kier molecular flexibility index (Phi) is 4.14. The number of nitrogens with two attached hydrogens (primary N) is 1. The van der Waals surface area contributed by atoms with E-state index in [9.17, 15) is 9.00 Å². The Morgan fingerprint density at radius 1 is 1.39 bits per heavy atom. The van der Waals surface area contributed by atoms with Gasteiger partial charge in [-0.05, 0) is 49.5 Å². The minimum absolute atomic E-state index is 0.423. The molecule has 1 aliphatic rings. The molecule has 1 saturated heterocycles. The lowest BCUT2D eigenvalue weighted by molar-refractivity contribution is 0.1000. The summed E-state index contributed by atoms with van der Waals surface area (Å²) >= 11 is 0. The van der Waals surface area contributed by atoms with Crippen molar-refractivity contribution in [2.75, 3.05) is 19.3 Å². The zero-order valence-corrected chi connectivity index (χ0v) is 11.3. The molecule has 4 nitrogen and oxygen atoms in total. The Bertz CT molecular complexity index is 482. The largest absolute Gasteiger partial charge is 0.366 e. The van der Waals surface area contributed by atoms with Gasteiger partial charge in [-0.3, -0.25) is 9.00 Å². The third-order valence-corrected chi connectivity index (χ3v) is 4.36. The molecular formula is C13H18N2O2S. The second-order valence-corrected chi connectivity index (χ2v) is 5.94. The predicted octanol–water partition coefficient (Wildman–Crippen LogP) is 0.990. The van der Waals surface area contributed by atoms with Crippen LogP contribution in [0.5, 0.6) is 0 Å². The maximum Gasteiger partial charge on any atom is 0.248 e. The first kappa shape index (κ1) is 13.2. The Labute approximate surface area is 109 Å². The molecule has 3 N–H and O–H groups in total. The second kappa shape index (κ2) is 5.63. The van der Waals surface area contributed by atoms with Gasteiger partial charge >= 0.3 is 0 Å². The maximum atomic E-state index is 11.8. The summed E-state index contributed by atoms with van der Waals surface area (Å²) in [5.74, 6) is -0.0503. The van der Waals surface area contributed by atoms with Crippen LogP contribution in [-0.4, -0.2) is 29.5 Å². The molecule has 0 saturated carbocycles. The summed E-state index contributed by atoms with van der Waals surface area (Å²) in [4.78, 5) is 11.9. The van der Waals surface area contributed by atoms with Crippen molar-refractivity contribution in [1.82, 2.24) is 5.32 Å². The third-order valence-electron chi connectivity index (χ3n) is 3.39. The van der Waals surface area contributed by atoms with Crippen molar-refractivity contribution >= 4 is 16.7 Å². The van der Waals surface area contributed by atoms with Crippen molar-refractivity contribution in [3.8, 4) is 0 Å². The Hall–Kier alpha value is -1.20. The predicted molar refractivity (Wildman–Crippen MR) is 72.1 cm³/mol. The normalized spacial score (nSPS) is 18.5. The molecule has 1 amide bonds. The van der Waals surface area contributed by atoms with E-state index in [0.717, 1.165) is 36.4 Å². The number of carbonyl (C=O) groups is 1. The van der Waals surface area contributed by atoms with Crippen molar-refractivity contribution in [3.05, 3.63) is 29.3 Å². The van der Waals surface area contributed by atoms with E-state index < -0.39 is 16.7 Å². The molecular weight excluding hydrogens is 248 g/mol. The summed E-state index contributed by atoms with van der Waals surface area (Å²) < 4.78 is 11.8. The monoisotopic (exact) mass is 266 g/mol. The SMILES string of the molecule is C[S@](=O)c1cc(C(N)=O)ccc1C1CCNCC1. The Morgan fingerprint density at radius 3 is 2.61 bits per heavy atom. The molecule has 0 spiro atoms. The first-order chi connectivity index (χ1) is 8.59. The van der Waals surface area contributed by atoms with Crippen LogP contribution in [0.25, 0.3) is 0 Å². The topological polar surface area (TPSA) is 72.2 Å². The van der Waals surface area contributed by atoms with Gasteiger partial charge in [0.1, 0.15) is 0 Å². The standard InChI is InChI=1S/C13H18N2O2S/c1-18(17)12-8-10(13(14)16)2-3-11(12)9-4-6-15-7-5-9/h2-3,8-9,15H,4-7H2,1H3,(H2,14,16)/t18-/m0/s1. The lowest BCUT2D eigenvalue weighted by Gasteiger charge is -2.24. The molecule has 5 heteroatoms. The molecule has 0 unspecified atom stereocenters. The average molecular weight is 266 g/mol. The van der Waals surface area contributed by atoms with Crippen LogP contribution in [0.3, 0.4) is 0 Å². The molecule has 1 heterocycles. The lowest BCUT2D eigenvalue weighted by Crippen LogP contribution is -2.27. The molecule has 0 aliphatic carbocycles. The number of amides is 1. The maximum absolute atomic E-state index is 11.8. The van der Waals surface area contributed by atoms with E-state index >= 15 is 0 Å². The van der Waals surface area contributed by atoms with Crippen LogP contribution in [-0.2, 0) is 10.8 Å². The average Bonchev–Trinajstić information content (AvgIpc) is 2.39. The zero-order valence-electron chi connectivity index (χ0n) is 10.4. The summed E-state index contributed by atoms with van der Waals surface area (Å²) in [6.45, 7) is 1.97. The summed E-state index contributed by atoms with van der Waals surface area (Å²) in [5.41, 5.74) is 6.79. The highest BCUT2D eigenvalue weighted by Crippen LogP contribution is 2.30. The van der Waals surface area contributed by atoms with Crippen LogP contribution < -0.4 is 11.1 Å². The number of rotatable bonds is 3. The number of piperidine rings is 1. The van der Waals surface area contributed by atoms with Gasteiger partial charge in [-0.15, -0.1) is 0 Å². The number of primary amides is 1. The number of nitrogens with one attached hydrogen (secondary N) is 1. The second-order valence-electron chi connectivity index (χ2n) is 4.60. The first-order valence-electron chi connectivity index (χ1n) is 6.07. The van der Waals surface area contributed by atoms with E-state index in [1.807, 2.05) is 6.07 Å². The van der Waals surface area contributed by atoms with Crippen molar-refractivity contribution in [1.29, 1.82) is 0 Å². The molecule has 1 fully saturated rings. The molecule has 1 atom stereocenters. The Morgan fingerprint density at radius 2 is 2.06 bits per heavy atom. The third kappa shape index (κ3) is 2.79. The molecule has 2 rings (SSSR count). The van der Waals surface area contributed by atoms with Crippen LogP contribution >= 0.6 is 0 Å². The highest BCUT2D eigenvalue weighted by molar-refractivity contribution is 7.84. The van der Waals surface area contributed by atoms with Crippen LogP contribution in [0.4, 0.5) is 0 Å². The van der Waals surface area contributed by atoms with Crippen molar-refractivity contribution < 1.29 is 9.00 Å². The fourth-order valence-electron chi connectivity index (χ4n) is 2.41. The highest BCUT2D eigenvalue weighted by Gasteiger charge is 2.20. The van der Waals surface area contributed by atoms with Gasteiger partial charge in [-0.2, -0.15) is 0 Å². The smallest absolute Gasteiger partial charge is 0.248 e. The molecule has 98 valence electrons. The number of benzene rings is 1. The Balaban J connectivity index is 2.39. The van der Waals surface area contributed by atoms with Gasteiger partial charge in [0, 0.05) is 16.7 Å². The van der Waals surface area contributed by atoms with Crippen LogP contribution in [0.2, 0.25) is 0 Å². The summed E-state index contributed by atoms with van der Waals surface area (Å²) in [7, 11) is -1.10. The van der Waals surface area contributed by atoms with E-state index in [1.54, 1.807) is 18.4 Å². The zero-order chi connectivity index (χ0) is 13.1. The fraction of sp³-hybridized carbons (Fsp3) is 0.462. The molecule has 1 aromatic carbocycles. The van der Waals surface area contributed by atoms with Gasteiger partial charge in [0.25, 0.3) is 0 Å². The van der Waals surface area contributed by atoms with E-state index in [2.05, 4.69) is 5.32 Å². The van der Waals surface area contributed by atoms with Crippen molar-refractivity contribution in [2.45, 2.75) is 23.7 Å². The van der Waals surface area contributed by atoms with Crippen LogP contribution in [0, 0.1) is 0 Å². The van der Waals surface area contributed by atoms with Crippen LogP contribution in [0.1, 0.15) is 34.7 Å².